The van der Waals surface area contributed by atoms with Crippen molar-refractivity contribution >= 4 is 17.7 Å². The summed E-state index contributed by atoms with van der Waals surface area (Å²) in [5, 5.41) is 8.73. The Kier molecular flexibility index (Phi) is 4.76. The molecule has 1 rings (SSSR count). The molecule has 0 aromatic heterocycles. The number of carboxylic acid groups (broad SMARTS) is 1. The number of benzene rings is 1. The molecule has 0 bridgehead atoms. The van der Waals surface area contributed by atoms with Gasteiger partial charge in [0.1, 0.15) is 6.54 Å². The zero-order valence-electron chi connectivity index (χ0n) is 10.0. The van der Waals surface area contributed by atoms with Crippen molar-refractivity contribution in [1.82, 2.24) is 4.90 Å². The van der Waals surface area contributed by atoms with Gasteiger partial charge < -0.3 is 10.0 Å². The molecule has 0 fully saturated rings. The van der Waals surface area contributed by atoms with Crippen LogP contribution in [0.15, 0.2) is 30.3 Å². The third-order valence-corrected chi connectivity index (χ3v) is 2.31. The molecule has 94 valence electrons. The fourth-order valence-electron chi connectivity index (χ4n) is 1.44. The highest BCUT2D eigenvalue weighted by atomic mass is 16.4. The molecule has 1 aromatic carbocycles. The molecule has 1 aromatic rings. The summed E-state index contributed by atoms with van der Waals surface area (Å²) in [7, 11) is 1.57. The fraction of sp³-hybridized carbons (Fsp3) is 0.231. The van der Waals surface area contributed by atoms with E-state index >= 15 is 0 Å². The molecule has 0 saturated heterocycles. The molecule has 0 aliphatic carbocycles. The Bertz CT molecular complexity index is 465. The lowest BCUT2D eigenvalue weighted by Crippen LogP contribution is -2.44. The van der Waals surface area contributed by atoms with Crippen molar-refractivity contribution in [3.05, 3.63) is 30.3 Å². The lowest BCUT2D eigenvalue weighted by atomic mass is 10.3. The van der Waals surface area contributed by atoms with E-state index < -0.39 is 18.5 Å². The second-order valence-electron chi connectivity index (χ2n) is 3.63. The topological polar surface area (TPSA) is 60.9 Å². The van der Waals surface area contributed by atoms with Crippen LogP contribution in [0.2, 0.25) is 0 Å². The Morgan fingerprint density at radius 1 is 1.33 bits per heavy atom. The third-order valence-electron chi connectivity index (χ3n) is 2.31. The number of amides is 2. The van der Waals surface area contributed by atoms with Gasteiger partial charge in [-0.1, -0.05) is 24.1 Å². The second-order valence-corrected chi connectivity index (χ2v) is 3.63. The zero-order chi connectivity index (χ0) is 13.5. The van der Waals surface area contributed by atoms with Crippen LogP contribution in [0.4, 0.5) is 10.5 Å². The minimum absolute atomic E-state index is 0.0394. The maximum Gasteiger partial charge on any atom is 0.325 e. The minimum atomic E-state index is -1.10. The Hall–Kier alpha value is -2.48. The summed E-state index contributed by atoms with van der Waals surface area (Å²) < 4.78 is 0. The normalized spacial score (nSPS) is 9.33. The number of rotatable bonds is 4. The largest absolute Gasteiger partial charge is 0.480 e. The van der Waals surface area contributed by atoms with Gasteiger partial charge in [0.05, 0.1) is 6.54 Å². The van der Waals surface area contributed by atoms with E-state index in [2.05, 4.69) is 5.92 Å². The molecule has 1 N–H and O–H groups in total. The molecule has 0 aliphatic heterocycles. The molecule has 5 nitrogen and oxygen atoms in total. The highest BCUT2D eigenvalue weighted by Crippen LogP contribution is 2.13. The fourth-order valence-corrected chi connectivity index (χ4v) is 1.44. The summed E-state index contributed by atoms with van der Waals surface area (Å²) in [6.45, 7) is -0.456. The number of hydrogen-bond donors (Lipinski definition) is 1. The molecular formula is C13H14N2O3. The Balaban J connectivity index is 2.83. The van der Waals surface area contributed by atoms with Gasteiger partial charge in [-0.2, -0.15) is 0 Å². The number of aliphatic carboxylic acids is 1. The molecule has 18 heavy (non-hydrogen) atoms. The van der Waals surface area contributed by atoms with Gasteiger partial charge in [0.2, 0.25) is 0 Å². The molecule has 0 unspecified atom stereocenters. The minimum Gasteiger partial charge on any atom is -0.480 e. The van der Waals surface area contributed by atoms with E-state index in [-0.39, 0.29) is 6.54 Å². The Morgan fingerprint density at radius 2 is 1.94 bits per heavy atom. The van der Waals surface area contributed by atoms with Crippen LogP contribution in [-0.4, -0.2) is 42.1 Å². The average Bonchev–Trinajstić information content (AvgIpc) is 2.37. The van der Waals surface area contributed by atoms with Gasteiger partial charge in [0.15, 0.2) is 0 Å². The summed E-state index contributed by atoms with van der Waals surface area (Å²) in [5.41, 5.74) is 0.676. The standard InChI is InChI=1S/C13H14N2O3/c1-3-9-15(10-12(16)17)13(18)14(2)11-7-5-4-6-8-11/h1,4-8H,9-10H2,2H3,(H,16,17). The number of terminal acetylenes is 1. The van der Waals surface area contributed by atoms with E-state index in [0.29, 0.717) is 5.69 Å². The number of anilines is 1. The van der Waals surface area contributed by atoms with Gasteiger partial charge in [-0.05, 0) is 12.1 Å². The van der Waals surface area contributed by atoms with Crippen LogP contribution in [-0.2, 0) is 4.79 Å². The maximum absolute atomic E-state index is 12.1. The van der Waals surface area contributed by atoms with Crippen LogP contribution in [0.25, 0.3) is 0 Å². The highest BCUT2D eigenvalue weighted by molar-refractivity contribution is 5.93. The molecule has 0 spiro atoms. The first kappa shape index (κ1) is 13.6. The van der Waals surface area contributed by atoms with Crippen LogP contribution in [0, 0.1) is 12.3 Å². The average molecular weight is 246 g/mol. The number of carbonyl (C=O) groups excluding carboxylic acids is 1. The second kappa shape index (κ2) is 6.30. The van der Waals surface area contributed by atoms with Gasteiger partial charge in [-0.25, -0.2) is 4.79 Å². The lowest BCUT2D eigenvalue weighted by molar-refractivity contribution is -0.137. The van der Waals surface area contributed by atoms with Crippen molar-refractivity contribution in [2.75, 3.05) is 25.0 Å². The van der Waals surface area contributed by atoms with E-state index in [1.54, 1.807) is 31.3 Å². The molecule has 5 heteroatoms. The van der Waals surface area contributed by atoms with Gasteiger partial charge in [0, 0.05) is 12.7 Å². The van der Waals surface area contributed by atoms with Crippen LogP contribution >= 0.6 is 0 Å². The van der Waals surface area contributed by atoms with Crippen molar-refractivity contribution < 1.29 is 14.7 Å². The monoisotopic (exact) mass is 246 g/mol. The summed E-state index contributed by atoms with van der Waals surface area (Å²) in [6, 6.07) is 8.49. The van der Waals surface area contributed by atoms with Crippen LogP contribution in [0.1, 0.15) is 0 Å². The van der Waals surface area contributed by atoms with Crippen LogP contribution in [0.3, 0.4) is 0 Å². The summed E-state index contributed by atoms with van der Waals surface area (Å²) in [6.07, 6.45) is 5.13. The summed E-state index contributed by atoms with van der Waals surface area (Å²) in [5.74, 6) is 1.18. The number of carbonyl (C=O) groups is 2. The van der Waals surface area contributed by atoms with E-state index in [9.17, 15) is 9.59 Å². The molecular weight excluding hydrogens is 232 g/mol. The smallest absolute Gasteiger partial charge is 0.325 e. The van der Waals surface area contributed by atoms with Gasteiger partial charge in [0.25, 0.3) is 0 Å². The van der Waals surface area contributed by atoms with Gasteiger partial charge >= 0.3 is 12.0 Å². The van der Waals surface area contributed by atoms with E-state index in [1.165, 1.54) is 4.90 Å². The molecule has 0 atom stereocenters. The van der Waals surface area contributed by atoms with Gasteiger partial charge in [-0.15, -0.1) is 6.42 Å². The van der Waals surface area contributed by atoms with E-state index in [1.807, 2.05) is 6.07 Å². The van der Waals surface area contributed by atoms with Crippen molar-refractivity contribution in [2.45, 2.75) is 0 Å². The first-order valence-corrected chi connectivity index (χ1v) is 5.29. The molecule has 0 saturated carbocycles. The summed E-state index contributed by atoms with van der Waals surface area (Å²) in [4.78, 5) is 25.2. The van der Waals surface area contributed by atoms with E-state index in [4.69, 9.17) is 11.5 Å². The number of hydrogen-bond acceptors (Lipinski definition) is 2. The first-order chi connectivity index (χ1) is 8.56. The highest BCUT2D eigenvalue weighted by Gasteiger charge is 2.20. The Morgan fingerprint density at radius 3 is 2.44 bits per heavy atom. The van der Waals surface area contributed by atoms with Crippen LogP contribution < -0.4 is 4.90 Å². The molecule has 2 amide bonds. The predicted molar refractivity (Wildman–Crippen MR) is 68.3 cm³/mol. The first-order valence-electron chi connectivity index (χ1n) is 5.29. The molecule has 0 aliphatic rings. The number of nitrogens with zero attached hydrogens (tertiary/aromatic N) is 2. The zero-order valence-corrected chi connectivity index (χ0v) is 10.0. The van der Waals surface area contributed by atoms with Crippen molar-refractivity contribution in [3.8, 4) is 12.3 Å². The Labute approximate surface area is 106 Å². The quantitative estimate of drug-likeness (QED) is 0.814. The van der Waals surface area contributed by atoms with Crippen molar-refractivity contribution in [1.29, 1.82) is 0 Å². The van der Waals surface area contributed by atoms with Crippen molar-refractivity contribution in [2.24, 2.45) is 0 Å². The van der Waals surface area contributed by atoms with Crippen molar-refractivity contribution in [3.63, 3.8) is 0 Å². The van der Waals surface area contributed by atoms with E-state index in [0.717, 1.165) is 4.90 Å². The SMILES string of the molecule is C#CCN(CC(=O)O)C(=O)N(C)c1ccccc1. The predicted octanol–water partition coefficient (Wildman–Crippen LogP) is 1.26. The lowest BCUT2D eigenvalue weighted by Gasteiger charge is -2.25. The molecule has 0 heterocycles. The number of carboxylic acids is 1. The van der Waals surface area contributed by atoms with Gasteiger partial charge in [-0.3, -0.25) is 9.69 Å². The summed E-state index contributed by atoms with van der Waals surface area (Å²) >= 11 is 0. The molecule has 0 radical (unpaired) electrons. The maximum atomic E-state index is 12.1. The van der Waals surface area contributed by atoms with Crippen LogP contribution in [0.5, 0.6) is 0 Å². The number of urea groups is 1. The number of para-hydroxylation sites is 1. The third kappa shape index (κ3) is 3.52.